The summed E-state index contributed by atoms with van der Waals surface area (Å²) in [6.07, 6.45) is 3.68. The highest BCUT2D eigenvalue weighted by Crippen LogP contribution is 2.28. The van der Waals surface area contributed by atoms with E-state index in [1.807, 2.05) is 7.05 Å². The average Bonchev–Trinajstić information content (AvgIpc) is 2.65. The van der Waals surface area contributed by atoms with E-state index in [4.69, 9.17) is 0 Å². The summed E-state index contributed by atoms with van der Waals surface area (Å²) >= 11 is 0. The Labute approximate surface area is 113 Å². The van der Waals surface area contributed by atoms with Crippen molar-refractivity contribution >= 4 is 11.9 Å². The first-order valence-corrected chi connectivity index (χ1v) is 7.21. The van der Waals surface area contributed by atoms with Gasteiger partial charge in [-0.3, -0.25) is 4.79 Å². The third kappa shape index (κ3) is 2.29. The molecule has 0 saturated carbocycles. The molecule has 0 radical (unpaired) electrons. The van der Waals surface area contributed by atoms with E-state index in [0.29, 0.717) is 12.6 Å². The lowest BCUT2D eigenvalue weighted by atomic mass is 9.99. The fraction of sp³-hybridized carbons (Fsp3) is 0.846. The van der Waals surface area contributed by atoms with Gasteiger partial charge in [-0.25, -0.2) is 4.79 Å². The van der Waals surface area contributed by atoms with E-state index in [2.05, 4.69) is 10.6 Å². The molecule has 19 heavy (non-hydrogen) atoms. The molecule has 0 spiro atoms. The van der Waals surface area contributed by atoms with E-state index in [9.17, 15) is 9.59 Å². The summed E-state index contributed by atoms with van der Waals surface area (Å²) in [5.41, 5.74) is 0. The van der Waals surface area contributed by atoms with Crippen LogP contribution in [0, 0.1) is 0 Å². The minimum atomic E-state index is -0.261. The molecule has 2 bridgehead atoms. The van der Waals surface area contributed by atoms with E-state index >= 15 is 0 Å². The molecule has 2 atom stereocenters. The van der Waals surface area contributed by atoms with Crippen molar-refractivity contribution in [1.29, 1.82) is 0 Å². The molecule has 3 fully saturated rings. The molecule has 0 aliphatic carbocycles. The summed E-state index contributed by atoms with van der Waals surface area (Å²) in [6, 6.07) is 0.314. The van der Waals surface area contributed by atoms with E-state index in [1.165, 1.54) is 0 Å². The largest absolute Gasteiger partial charge is 0.351 e. The third-order valence-corrected chi connectivity index (χ3v) is 4.64. The number of hydrogen-bond donors (Lipinski definition) is 2. The second-order valence-electron chi connectivity index (χ2n) is 5.83. The Balaban J connectivity index is 1.62. The van der Waals surface area contributed by atoms with Crippen LogP contribution < -0.4 is 10.6 Å². The Kier molecular flexibility index (Phi) is 3.35. The second-order valence-corrected chi connectivity index (χ2v) is 5.83. The van der Waals surface area contributed by atoms with Gasteiger partial charge >= 0.3 is 6.03 Å². The van der Waals surface area contributed by atoms with Crippen LogP contribution in [-0.2, 0) is 4.79 Å². The smallest absolute Gasteiger partial charge is 0.320 e. The van der Waals surface area contributed by atoms with Crippen molar-refractivity contribution in [3.8, 4) is 0 Å². The molecule has 3 amide bonds. The minimum absolute atomic E-state index is 0.00737. The molecule has 0 unspecified atom stereocenters. The van der Waals surface area contributed by atoms with Crippen LogP contribution in [0.3, 0.4) is 0 Å². The number of piperidine rings is 2. The highest BCUT2D eigenvalue weighted by atomic mass is 16.2. The van der Waals surface area contributed by atoms with Gasteiger partial charge in [-0.1, -0.05) is 0 Å². The maximum absolute atomic E-state index is 12.4. The van der Waals surface area contributed by atoms with Gasteiger partial charge in [0.15, 0.2) is 0 Å². The number of rotatable bonds is 2. The zero-order valence-electron chi connectivity index (χ0n) is 11.4. The molecule has 0 aromatic carbocycles. The van der Waals surface area contributed by atoms with Crippen molar-refractivity contribution < 1.29 is 9.59 Å². The molecule has 3 heterocycles. The Bertz CT molecular complexity index is 381. The maximum atomic E-state index is 12.4. The standard InChI is InChI=1S/C13H22N4O2/c1-16-10-2-3-11(17(8-10)13(16)19)12(18)15-9-4-6-14-7-5-9/h9-11,14H,2-8H2,1H3,(H,15,18)/t10-,11+/m1/s1. The number of fused-ring (bicyclic) bond motifs is 2. The van der Waals surface area contributed by atoms with E-state index in [0.717, 1.165) is 38.8 Å². The molecule has 3 saturated heterocycles. The minimum Gasteiger partial charge on any atom is -0.351 e. The number of nitrogens with zero attached hydrogens (tertiary/aromatic N) is 2. The van der Waals surface area contributed by atoms with Gasteiger partial charge in [0.25, 0.3) is 0 Å². The van der Waals surface area contributed by atoms with Crippen LogP contribution in [0.25, 0.3) is 0 Å². The number of nitrogens with one attached hydrogen (secondary N) is 2. The van der Waals surface area contributed by atoms with Crippen LogP contribution in [0.5, 0.6) is 0 Å². The number of likely N-dealkylation sites (N-methyl/N-ethyl adjacent to an activating group) is 1. The van der Waals surface area contributed by atoms with Crippen molar-refractivity contribution in [3.63, 3.8) is 0 Å². The van der Waals surface area contributed by atoms with Crippen molar-refractivity contribution in [2.45, 2.75) is 43.8 Å². The third-order valence-electron chi connectivity index (χ3n) is 4.64. The molecule has 0 aromatic heterocycles. The first-order chi connectivity index (χ1) is 9.16. The second kappa shape index (κ2) is 5.00. The van der Waals surface area contributed by atoms with E-state index < -0.39 is 0 Å². The molecule has 106 valence electrons. The molecule has 3 aliphatic heterocycles. The number of carbonyl (C=O) groups is 2. The summed E-state index contributed by atoms with van der Waals surface area (Å²) in [4.78, 5) is 27.9. The quantitative estimate of drug-likeness (QED) is 0.724. The summed E-state index contributed by atoms with van der Waals surface area (Å²) in [5, 5.41) is 6.40. The first-order valence-electron chi connectivity index (χ1n) is 7.21. The van der Waals surface area contributed by atoms with Gasteiger partial charge < -0.3 is 20.4 Å². The Morgan fingerprint density at radius 2 is 2.00 bits per heavy atom. The molecule has 0 aromatic rings. The first kappa shape index (κ1) is 12.7. The normalized spacial score (nSPS) is 31.7. The monoisotopic (exact) mass is 266 g/mol. The van der Waals surface area contributed by atoms with Gasteiger partial charge in [-0.05, 0) is 38.8 Å². The topological polar surface area (TPSA) is 64.7 Å². The zero-order valence-corrected chi connectivity index (χ0v) is 11.4. The van der Waals surface area contributed by atoms with Crippen molar-refractivity contribution in [1.82, 2.24) is 20.4 Å². The van der Waals surface area contributed by atoms with Crippen LogP contribution in [0.2, 0.25) is 0 Å². The summed E-state index contributed by atoms with van der Waals surface area (Å²) in [5.74, 6) is 0.0361. The van der Waals surface area contributed by atoms with E-state index in [1.54, 1.807) is 9.80 Å². The van der Waals surface area contributed by atoms with Gasteiger partial charge in [0.2, 0.25) is 5.91 Å². The van der Waals surface area contributed by atoms with Crippen molar-refractivity contribution in [2.24, 2.45) is 0 Å². The molecule has 3 aliphatic rings. The van der Waals surface area contributed by atoms with Crippen LogP contribution in [0.1, 0.15) is 25.7 Å². The molecule has 3 rings (SSSR count). The summed E-state index contributed by atoms with van der Waals surface area (Å²) in [7, 11) is 1.83. The molecule has 6 heteroatoms. The maximum Gasteiger partial charge on any atom is 0.320 e. The molecular weight excluding hydrogens is 244 g/mol. The number of hydrogen-bond acceptors (Lipinski definition) is 3. The van der Waals surface area contributed by atoms with Crippen molar-refractivity contribution in [2.75, 3.05) is 26.7 Å². The van der Waals surface area contributed by atoms with Crippen molar-refractivity contribution in [3.05, 3.63) is 0 Å². The van der Waals surface area contributed by atoms with Gasteiger partial charge in [0.05, 0.1) is 6.04 Å². The predicted molar refractivity (Wildman–Crippen MR) is 70.7 cm³/mol. The Hall–Kier alpha value is -1.30. The lowest BCUT2D eigenvalue weighted by Gasteiger charge is -2.32. The van der Waals surface area contributed by atoms with E-state index in [-0.39, 0.29) is 24.0 Å². The molecular formula is C13H22N4O2. The van der Waals surface area contributed by atoms with Gasteiger partial charge in [0.1, 0.15) is 6.04 Å². The lowest BCUT2D eigenvalue weighted by molar-refractivity contribution is -0.126. The van der Waals surface area contributed by atoms with Crippen LogP contribution in [0.4, 0.5) is 4.79 Å². The number of amides is 3. The number of carbonyl (C=O) groups excluding carboxylic acids is 2. The van der Waals surface area contributed by atoms with Crippen LogP contribution in [0.15, 0.2) is 0 Å². The van der Waals surface area contributed by atoms with Gasteiger partial charge in [0, 0.05) is 19.6 Å². The molecule has 6 nitrogen and oxygen atoms in total. The van der Waals surface area contributed by atoms with Gasteiger partial charge in [-0.2, -0.15) is 0 Å². The Morgan fingerprint density at radius 3 is 2.74 bits per heavy atom. The predicted octanol–water partition coefficient (Wildman–Crippen LogP) is -0.247. The fourth-order valence-corrected chi connectivity index (χ4v) is 3.37. The zero-order chi connectivity index (χ0) is 13.4. The van der Waals surface area contributed by atoms with Gasteiger partial charge in [-0.15, -0.1) is 0 Å². The average molecular weight is 266 g/mol. The lowest BCUT2D eigenvalue weighted by Crippen LogP contribution is -2.53. The fourth-order valence-electron chi connectivity index (χ4n) is 3.37. The summed E-state index contributed by atoms with van der Waals surface area (Å²) < 4.78 is 0. The highest BCUT2D eigenvalue weighted by molar-refractivity contribution is 5.88. The number of urea groups is 1. The van der Waals surface area contributed by atoms with Crippen LogP contribution in [-0.4, -0.2) is 66.5 Å². The molecule has 2 N–H and O–H groups in total. The SMILES string of the molecule is CN1C(=O)N2C[C@H]1CC[C@H]2C(=O)NC1CCNCC1. The summed E-state index contributed by atoms with van der Waals surface area (Å²) in [6.45, 7) is 2.63. The highest BCUT2D eigenvalue weighted by Gasteiger charge is 2.45. The van der Waals surface area contributed by atoms with Crippen LogP contribution >= 0.6 is 0 Å². The Morgan fingerprint density at radius 1 is 1.26 bits per heavy atom.